The second-order valence-corrected chi connectivity index (χ2v) is 8.31. The third-order valence-electron chi connectivity index (χ3n) is 4.53. The minimum absolute atomic E-state index is 0.0574. The summed E-state index contributed by atoms with van der Waals surface area (Å²) in [5.41, 5.74) is 7.01. The van der Waals surface area contributed by atoms with Crippen LogP contribution in [0.25, 0.3) is 0 Å². The van der Waals surface area contributed by atoms with Crippen molar-refractivity contribution < 1.29 is 17.9 Å². The number of anilines is 2. The van der Waals surface area contributed by atoms with Gasteiger partial charge in [-0.1, -0.05) is 6.42 Å². The first kappa shape index (κ1) is 19.2. The molecule has 1 fully saturated rings. The maximum absolute atomic E-state index is 13.0. The predicted molar refractivity (Wildman–Crippen MR) is 104 cm³/mol. The highest BCUT2D eigenvalue weighted by Gasteiger charge is 2.29. The molecule has 8 heteroatoms. The van der Waals surface area contributed by atoms with Crippen LogP contribution >= 0.6 is 0 Å². The van der Waals surface area contributed by atoms with Crippen LogP contribution in [0.4, 0.5) is 11.4 Å². The number of hydrogen-bond donors (Lipinski definition) is 2. The molecule has 144 valence electrons. The van der Waals surface area contributed by atoms with Crippen LogP contribution in [-0.4, -0.2) is 38.8 Å². The molecule has 1 aliphatic heterocycles. The van der Waals surface area contributed by atoms with Crippen molar-refractivity contribution in [3.63, 3.8) is 0 Å². The summed E-state index contributed by atoms with van der Waals surface area (Å²) in [6.07, 6.45) is 2.71. The minimum Gasteiger partial charge on any atom is -0.495 e. The van der Waals surface area contributed by atoms with Gasteiger partial charge in [0.15, 0.2) is 0 Å². The smallest absolute Gasteiger partial charge is 0.255 e. The summed E-state index contributed by atoms with van der Waals surface area (Å²) in [5, 5.41) is 2.73. The first-order chi connectivity index (χ1) is 12.9. The fourth-order valence-corrected chi connectivity index (χ4v) is 4.74. The van der Waals surface area contributed by atoms with Gasteiger partial charge in [-0.2, -0.15) is 4.31 Å². The highest BCUT2D eigenvalue weighted by Crippen LogP contribution is 2.31. The number of carbonyl (C=O) groups is 1. The first-order valence-corrected chi connectivity index (χ1v) is 10.2. The summed E-state index contributed by atoms with van der Waals surface area (Å²) in [5.74, 6) is -0.0902. The van der Waals surface area contributed by atoms with Gasteiger partial charge in [0.25, 0.3) is 5.91 Å². The molecule has 0 bridgehead atoms. The van der Waals surface area contributed by atoms with Gasteiger partial charge in [-0.05, 0) is 55.3 Å². The van der Waals surface area contributed by atoms with Gasteiger partial charge in [0, 0.05) is 30.0 Å². The number of methoxy groups -OCH3 is 1. The predicted octanol–water partition coefficient (Wildman–Crippen LogP) is 2.70. The number of piperidine rings is 1. The van der Waals surface area contributed by atoms with E-state index in [9.17, 15) is 13.2 Å². The number of nitrogens with two attached hydrogens (primary N) is 1. The molecule has 0 atom stereocenters. The molecule has 1 amide bonds. The number of carbonyl (C=O) groups excluding carboxylic acids is 1. The van der Waals surface area contributed by atoms with Crippen molar-refractivity contribution in [3.05, 3.63) is 48.0 Å². The Bertz CT molecular complexity index is 920. The third-order valence-corrected chi connectivity index (χ3v) is 6.45. The zero-order valence-corrected chi connectivity index (χ0v) is 16.0. The van der Waals surface area contributed by atoms with Gasteiger partial charge in [-0.15, -0.1) is 0 Å². The second kappa shape index (κ2) is 7.98. The van der Waals surface area contributed by atoms with E-state index >= 15 is 0 Å². The van der Waals surface area contributed by atoms with Crippen LogP contribution in [0.2, 0.25) is 0 Å². The molecule has 0 spiro atoms. The van der Waals surface area contributed by atoms with Gasteiger partial charge >= 0.3 is 0 Å². The molecule has 1 heterocycles. The van der Waals surface area contributed by atoms with Crippen molar-refractivity contribution in [1.82, 2.24) is 4.31 Å². The average molecular weight is 389 g/mol. The maximum Gasteiger partial charge on any atom is 0.255 e. The van der Waals surface area contributed by atoms with E-state index in [0.29, 0.717) is 30.0 Å². The van der Waals surface area contributed by atoms with E-state index in [4.69, 9.17) is 10.5 Å². The lowest BCUT2D eigenvalue weighted by Gasteiger charge is -2.26. The molecule has 0 aliphatic carbocycles. The van der Waals surface area contributed by atoms with Crippen LogP contribution in [0.5, 0.6) is 5.75 Å². The number of ether oxygens (including phenoxy) is 1. The lowest BCUT2D eigenvalue weighted by molar-refractivity contribution is 0.102. The van der Waals surface area contributed by atoms with Crippen molar-refractivity contribution >= 4 is 27.3 Å². The van der Waals surface area contributed by atoms with Crippen molar-refractivity contribution in [3.8, 4) is 5.75 Å². The topological polar surface area (TPSA) is 102 Å². The molecule has 1 saturated heterocycles. The second-order valence-electron chi connectivity index (χ2n) is 6.41. The summed E-state index contributed by atoms with van der Waals surface area (Å²) in [6, 6.07) is 11.1. The minimum atomic E-state index is -3.69. The zero-order valence-electron chi connectivity index (χ0n) is 15.1. The van der Waals surface area contributed by atoms with Crippen molar-refractivity contribution in [1.29, 1.82) is 0 Å². The van der Waals surface area contributed by atoms with E-state index in [0.717, 1.165) is 19.3 Å². The summed E-state index contributed by atoms with van der Waals surface area (Å²) in [6.45, 7) is 0.987. The standard InChI is InChI=1S/C19H23N3O4S/c1-26-17-10-9-16(21-19(23)14-5-7-15(20)8-6-14)13-18(17)27(24,25)22-11-3-2-4-12-22/h5-10,13H,2-4,11-12,20H2,1H3,(H,21,23). The van der Waals surface area contributed by atoms with Crippen LogP contribution in [0, 0.1) is 0 Å². The SMILES string of the molecule is COc1ccc(NC(=O)c2ccc(N)cc2)cc1S(=O)(=O)N1CCCCC1. The van der Waals surface area contributed by atoms with Gasteiger partial charge in [0.2, 0.25) is 10.0 Å². The average Bonchev–Trinajstić information content (AvgIpc) is 2.69. The van der Waals surface area contributed by atoms with Gasteiger partial charge in [-0.3, -0.25) is 4.79 Å². The Labute approximate surface area is 159 Å². The normalized spacial score (nSPS) is 15.3. The fraction of sp³-hybridized carbons (Fsp3) is 0.316. The Hall–Kier alpha value is -2.58. The van der Waals surface area contributed by atoms with Gasteiger partial charge in [0.1, 0.15) is 10.6 Å². The molecular formula is C19H23N3O4S. The Morgan fingerprint density at radius 1 is 1.07 bits per heavy atom. The lowest BCUT2D eigenvalue weighted by Crippen LogP contribution is -2.35. The monoisotopic (exact) mass is 389 g/mol. The Morgan fingerprint density at radius 3 is 2.37 bits per heavy atom. The van der Waals surface area contributed by atoms with Crippen LogP contribution in [0.15, 0.2) is 47.4 Å². The number of sulfonamides is 1. The number of hydrogen-bond acceptors (Lipinski definition) is 5. The molecule has 3 N–H and O–H groups in total. The molecule has 3 rings (SSSR count). The molecule has 1 aliphatic rings. The number of rotatable bonds is 5. The largest absolute Gasteiger partial charge is 0.495 e. The number of amides is 1. The number of nitrogens with one attached hydrogen (secondary N) is 1. The zero-order chi connectivity index (χ0) is 19.4. The van der Waals surface area contributed by atoms with E-state index in [1.54, 1.807) is 36.4 Å². The summed E-state index contributed by atoms with van der Waals surface area (Å²) < 4.78 is 32.8. The Kier molecular flexibility index (Phi) is 5.67. The van der Waals surface area contributed by atoms with E-state index in [-0.39, 0.29) is 16.6 Å². The van der Waals surface area contributed by atoms with Crippen LogP contribution in [-0.2, 0) is 10.0 Å². The van der Waals surface area contributed by atoms with E-state index in [1.807, 2.05) is 0 Å². The summed E-state index contributed by atoms with van der Waals surface area (Å²) >= 11 is 0. The van der Waals surface area contributed by atoms with E-state index in [1.165, 1.54) is 17.5 Å². The van der Waals surface area contributed by atoms with Crippen LogP contribution < -0.4 is 15.8 Å². The maximum atomic E-state index is 13.0. The summed E-state index contributed by atoms with van der Waals surface area (Å²) in [4.78, 5) is 12.5. The number of benzene rings is 2. The molecule has 27 heavy (non-hydrogen) atoms. The first-order valence-electron chi connectivity index (χ1n) is 8.77. The van der Waals surface area contributed by atoms with Crippen molar-refractivity contribution in [2.45, 2.75) is 24.2 Å². The molecular weight excluding hydrogens is 366 g/mol. The van der Waals surface area contributed by atoms with Crippen LogP contribution in [0.3, 0.4) is 0 Å². The molecule has 2 aromatic carbocycles. The lowest BCUT2D eigenvalue weighted by atomic mass is 10.2. The van der Waals surface area contributed by atoms with Gasteiger partial charge in [-0.25, -0.2) is 8.42 Å². The molecule has 2 aromatic rings. The Balaban J connectivity index is 1.89. The van der Waals surface area contributed by atoms with Gasteiger partial charge in [0.05, 0.1) is 7.11 Å². The highest BCUT2D eigenvalue weighted by molar-refractivity contribution is 7.89. The molecule has 0 radical (unpaired) electrons. The van der Waals surface area contributed by atoms with Crippen molar-refractivity contribution in [2.24, 2.45) is 0 Å². The highest BCUT2D eigenvalue weighted by atomic mass is 32.2. The number of nitrogen functional groups attached to an aromatic ring is 1. The third kappa shape index (κ3) is 4.23. The quantitative estimate of drug-likeness (QED) is 0.766. The molecule has 0 saturated carbocycles. The van der Waals surface area contributed by atoms with E-state index < -0.39 is 10.0 Å². The molecule has 0 unspecified atom stereocenters. The summed E-state index contributed by atoms with van der Waals surface area (Å²) in [7, 11) is -2.27. The fourth-order valence-electron chi connectivity index (χ4n) is 3.04. The Morgan fingerprint density at radius 2 is 1.74 bits per heavy atom. The molecule has 7 nitrogen and oxygen atoms in total. The van der Waals surface area contributed by atoms with E-state index in [2.05, 4.69) is 5.32 Å². The van der Waals surface area contributed by atoms with Gasteiger partial charge < -0.3 is 15.8 Å². The van der Waals surface area contributed by atoms with Crippen molar-refractivity contribution in [2.75, 3.05) is 31.2 Å². The van der Waals surface area contributed by atoms with Crippen LogP contribution in [0.1, 0.15) is 29.6 Å². The molecule has 0 aromatic heterocycles. The number of nitrogens with zero attached hydrogens (tertiary/aromatic N) is 1.